The minimum absolute atomic E-state index is 0.146. The van der Waals surface area contributed by atoms with Crippen molar-refractivity contribution in [2.45, 2.75) is 20.0 Å². The first kappa shape index (κ1) is 18.9. The van der Waals surface area contributed by atoms with Gasteiger partial charge in [-0.15, -0.1) is 11.3 Å². The normalized spacial score (nSPS) is 10.5. The van der Waals surface area contributed by atoms with Crippen LogP contribution in [0.25, 0.3) is 10.6 Å². The monoisotopic (exact) mass is 383 g/mol. The van der Waals surface area contributed by atoms with Crippen molar-refractivity contribution in [3.05, 3.63) is 64.7 Å². The Morgan fingerprint density at radius 2 is 1.89 bits per heavy atom. The van der Waals surface area contributed by atoms with E-state index in [1.807, 2.05) is 54.8 Å². The average Bonchev–Trinajstić information content (AvgIpc) is 3.16. The number of aromatic nitrogens is 1. The van der Waals surface area contributed by atoms with E-state index in [9.17, 15) is 4.79 Å². The minimum atomic E-state index is -0.266. The topological polar surface area (TPSA) is 57.7 Å². The molecule has 27 heavy (non-hydrogen) atoms. The summed E-state index contributed by atoms with van der Waals surface area (Å²) in [5, 5.41) is 2.67. The van der Waals surface area contributed by atoms with Gasteiger partial charge in [0.05, 0.1) is 31.9 Å². The number of thiazole rings is 1. The first-order valence-electron chi connectivity index (χ1n) is 8.48. The van der Waals surface area contributed by atoms with Crippen molar-refractivity contribution >= 4 is 17.3 Å². The number of carbonyl (C=O) groups excluding carboxylic acids is 1. The third-order valence-electron chi connectivity index (χ3n) is 4.16. The molecule has 5 nitrogen and oxygen atoms in total. The standard InChI is InChI=1S/C21H21NO4S/c1-14-7-4-5-8-15(14)11-19(23)26-12-16-13-27-21(22-16)17-9-6-10-18(24-2)20(17)25-3/h4-10,13H,11-12H2,1-3H3. The number of esters is 1. The lowest BCUT2D eigenvalue weighted by Crippen LogP contribution is -2.09. The number of aryl methyl sites for hydroxylation is 1. The molecule has 6 heteroatoms. The number of para-hydroxylation sites is 1. The molecule has 0 spiro atoms. The van der Waals surface area contributed by atoms with Crippen LogP contribution in [0, 0.1) is 6.92 Å². The SMILES string of the molecule is COc1cccc(-c2nc(COC(=O)Cc3ccccc3C)cs2)c1OC. The molecule has 0 amide bonds. The summed E-state index contributed by atoms with van der Waals surface area (Å²) in [5.74, 6) is 1.02. The Morgan fingerprint density at radius 1 is 1.07 bits per heavy atom. The van der Waals surface area contributed by atoms with Crippen molar-refractivity contribution in [2.75, 3.05) is 14.2 Å². The fourth-order valence-electron chi connectivity index (χ4n) is 2.72. The van der Waals surface area contributed by atoms with Crippen LogP contribution in [0.2, 0.25) is 0 Å². The summed E-state index contributed by atoms with van der Waals surface area (Å²) < 4.78 is 16.2. The molecule has 1 heterocycles. The fourth-order valence-corrected chi connectivity index (χ4v) is 3.55. The number of methoxy groups -OCH3 is 2. The molecule has 0 aliphatic rings. The van der Waals surface area contributed by atoms with E-state index in [1.165, 1.54) is 11.3 Å². The highest BCUT2D eigenvalue weighted by atomic mass is 32.1. The molecule has 0 atom stereocenters. The van der Waals surface area contributed by atoms with Crippen molar-refractivity contribution in [1.29, 1.82) is 0 Å². The van der Waals surface area contributed by atoms with Gasteiger partial charge in [-0.25, -0.2) is 4.98 Å². The number of nitrogens with zero attached hydrogens (tertiary/aromatic N) is 1. The zero-order valence-electron chi connectivity index (χ0n) is 15.5. The van der Waals surface area contributed by atoms with Crippen LogP contribution >= 0.6 is 11.3 Å². The van der Waals surface area contributed by atoms with E-state index in [4.69, 9.17) is 14.2 Å². The van der Waals surface area contributed by atoms with Gasteiger partial charge in [0.1, 0.15) is 11.6 Å². The van der Waals surface area contributed by atoms with Crippen molar-refractivity contribution in [3.8, 4) is 22.1 Å². The molecule has 0 bridgehead atoms. The molecule has 0 radical (unpaired) electrons. The van der Waals surface area contributed by atoms with Crippen LogP contribution in [0.4, 0.5) is 0 Å². The highest BCUT2D eigenvalue weighted by Gasteiger charge is 2.15. The number of benzene rings is 2. The largest absolute Gasteiger partial charge is 0.493 e. The maximum atomic E-state index is 12.1. The Kier molecular flexibility index (Phi) is 6.08. The molecule has 0 saturated heterocycles. The van der Waals surface area contributed by atoms with E-state index in [-0.39, 0.29) is 19.0 Å². The lowest BCUT2D eigenvalue weighted by molar-refractivity contribution is -0.144. The number of carbonyl (C=O) groups is 1. The Bertz CT molecular complexity index is 935. The second kappa shape index (κ2) is 8.68. The predicted molar refractivity (Wildman–Crippen MR) is 105 cm³/mol. The number of rotatable bonds is 7. The van der Waals surface area contributed by atoms with Gasteiger partial charge in [0, 0.05) is 5.38 Å². The summed E-state index contributed by atoms with van der Waals surface area (Å²) >= 11 is 1.47. The van der Waals surface area contributed by atoms with Crippen LogP contribution in [0.1, 0.15) is 16.8 Å². The first-order valence-corrected chi connectivity index (χ1v) is 9.36. The molecule has 3 rings (SSSR count). The van der Waals surface area contributed by atoms with E-state index >= 15 is 0 Å². The highest BCUT2D eigenvalue weighted by Crippen LogP contribution is 2.39. The number of hydrogen-bond acceptors (Lipinski definition) is 6. The van der Waals surface area contributed by atoms with Gasteiger partial charge in [-0.2, -0.15) is 0 Å². The van der Waals surface area contributed by atoms with Crippen molar-refractivity contribution in [1.82, 2.24) is 4.98 Å². The van der Waals surface area contributed by atoms with Crippen molar-refractivity contribution in [2.24, 2.45) is 0 Å². The molecule has 1 aromatic heterocycles. The smallest absolute Gasteiger partial charge is 0.310 e. The third-order valence-corrected chi connectivity index (χ3v) is 5.09. The van der Waals surface area contributed by atoms with Crippen LogP contribution in [0.5, 0.6) is 11.5 Å². The molecule has 0 aliphatic heterocycles. The van der Waals surface area contributed by atoms with Crippen LogP contribution in [-0.2, 0) is 22.6 Å². The molecule has 0 saturated carbocycles. The van der Waals surface area contributed by atoms with Gasteiger partial charge in [0.25, 0.3) is 0 Å². The molecular weight excluding hydrogens is 362 g/mol. The van der Waals surface area contributed by atoms with E-state index in [0.29, 0.717) is 17.2 Å². The Hall–Kier alpha value is -2.86. The zero-order chi connectivity index (χ0) is 19.2. The summed E-state index contributed by atoms with van der Waals surface area (Å²) in [5.41, 5.74) is 3.61. The molecule has 0 N–H and O–H groups in total. The van der Waals surface area contributed by atoms with Gasteiger partial charge < -0.3 is 14.2 Å². The van der Waals surface area contributed by atoms with Gasteiger partial charge in [-0.3, -0.25) is 4.79 Å². The molecular formula is C21H21NO4S. The maximum Gasteiger partial charge on any atom is 0.310 e. The van der Waals surface area contributed by atoms with Gasteiger partial charge >= 0.3 is 5.97 Å². The zero-order valence-corrected chi connectivity index (χ0v) is 16.3. The first-order chi connectivity index (χ1) is 13.1. The minimum Gasteiger partial charge on any atom is -0.493 e. The predicted octanol–water partition coefficient (Wildman–Crippen LogP) is 4.42. The third kappa shape index (κ3) is 4.46. The van der Waals surface area contributed by atoms with Crippen LogP contribution in [-0.4, -0.2) is 25.2 Å². The second-order valence-corrected chi connectivity index (χ2v) is 6.81. The van der Waals surface area contributed by atoms with Crippen LogP contribution in [0.3, 0.4) is 0 Å². The van der Waals surface area contributed by atoms with Gasteiger partial charge in [0.15, 0.2) is 11.5 Å². The fraction of sp³-hybridized carbons (Fsp3) is 0.238. The van der Waals surface area contributed by atoms with Gasteiger partial charge in [-0.1, -0.05) is 30.3 Å². The van der Waals surface area contributed by atoms with E-state index in [0.717, 1.165) is 21.7 Å². The molecule has 2 aromatic carbocycles. The van der Waals surface area contributed by atoms with Gasteiger partial charge in [0.2, 0.25) is 0 Å². The molecule has 140 valence electrons. The molecule has 0 aliphatic carbocycles. The molecule has 3 aromatic rings. The lowest BCUT2D eigenvalue weighted by Gasteiger charge is -2.10. The summed E-state index contributed by atoms with van der Waals surface area (Å²) in [7, 11) is 3.20. The van der Waals surface area contributed by atoms with Crippen molar-refractivity contribution < 1.29 is 19.0 Å². The van der Waals surface area contributed by atoms with Crippen LogP contribution < -0.4 is 9.47 Å². The summed E-state index contributed by atoms with van der Waals surface area (Å²) in [6.45, 7) is 2.13. The average molecular weight is 383 g/mol. The molecule has 0 fully saturated rings. The Morgan fingerprint density at radius 3 is 2.63 bits per heavy atom. The van der Waals surface area contributed by atoms with Gasteiger partial charge in [-0.05, 0) is 30.2 Å². The lowest BCUT2D eigenvalue weighted by atomic mass is 10.1. The summed E-state index contributed by atoms with van der Waals surface area (Å²) in [4.78, 5) is 16.7. The number of hydrogen-bond donors (Lipinski definition) is 0. The number of ether oxygens (including phenoxy) is 3. The van der Waals surface area contributed by atoms with Crippen molar-refractivity contribution in [3.63, 3.8) is 0 Å². The summed E-state index contributed by atoms with van der Waals surface area (Å²) in [6, 6.07) is 13.4. The molecule has 0 unspecified atom stereocenters. The maximum absolute atomic E-state index is 12.1. The quantitative estimate of drug-likeness (QED) is 0.565. The van der Waals surface area contributed by atoms with E-state index in [2.05, 4.69) is 4.98 Å². The summed E-state index contributed by atoms with van der Waals surface area (Å²) in [6.07, 6.45) is 0.257. The highest BCUT2D eigenvalue weighted by molar-refractivity contribution is 7.13. The second-order valence-electron chi connectivity index (χ2n) is 5.95. The van der Waals surface area contributed by atoms with E-state index < -0.39 is 0 Å². The Labute approximate surface area is 162 Å². The Balaban J connectivity index is 1.67. The van der Waals surface area contributed by atoms with Crippen LogP contribution in [0.15, 0.2) is 47.8 Å². The van der Waals surface area contributed by atoms with E-state index in [1.54, 1.807) is 14.2 Å².